The van der Waals surface area contributed by atoms with Crippen molar-refractivity contribution in [1.82, 2.24) is 14.5 Å². The Hall–Kier alpha value is -2.96. The molecule has 3 heterocycles. The van der Waals surface area contributed by atoms with E-state index in [1.54, 1.807) is 18.5 Å². The van der Waals surface area contributed by atoms with Crippen LogP contribution in [-0.4, -0.2) is 38.3 Å². The molecule has 1 N–H and O–H groups in total. The van der Waals surface area contributed by atoms with Crippen LogP contribution in [0.1, 0.15) is 26.4 Å². The van der Waals surface area contributed by atoms with E-state index in [2.05, 4.69) is 4.98 Å². The molecule has 0 spiro atoms. The van der Waals surface area contributed by atoms with Crippen LogP contribution in [0.25, 0.3) is 0 Å². The number of rotatable bonds is 3. The summed E-state index contributed by atoms with van der Waals surface area (Å²) in [7, 11) is 0. The third-order valence-electron chi connectivity index (χ3n) is 3.61. The molecule has 0 saturated heterocycles. The number of aldehydes is 1. The average molecular weight is 299 g/mol. The summed E-state index contributed by atoms with van der Waals surface area (Å²) in [5, 5.41) is 9.96. The molecule has 0 fully saturated rings. The maximum Gasteiger partial charge on any atom is 0.274 e. The Bertz CT molecular complexity index is 798. The van der Waals surface area contributed by atoms with Crippen molar-refractivity contribution in [2.45, 2.75) is 13.1 Å². The number of aromatic hydroxyl groups is 1. The fourth-order valence-electron chi connectivity index (χ4n) is 2.50. The second-order valence-corrected chi connectivity index (χ2v) is 5.01. The Kier molecular flexibility index (Phi) is 3.46. The highest BCUT2D eigenvalue weighted by atomic mass is 16.3. The first kappa shape index (κ1) is 14.0. The molecule has 22 heavy (non-hydrogen) atoms. The lowest BCUT2D eigenvalue weighted by Gasteiger charge is -2.30. The molecule has 3 rings (SSSR count). The number of amides is 1. The first-order valence-electron chi connectivity index (χ1n) is 6.71. The van der Waals surface area contributed by atoms with Gasteiger partial charge in [-0.05, 0) is 11.6 Å². The molecule has 0 saturated carbocycles. The first-order chi connectivity index (χ1) is 10.6. The number of fused-ring (bicyclic) bond motifs is 1. The minimum absolute atomic E-state index is 0.0780. The van der Waals surface area contributed by atoms with Gasteiger partial charge in [0, 0.05) is 38.2 Å². The van der Waals surface area contributed by atoms with Crippen LogP contribution >= 0.6 is 0 Å². The molecule has 112 valence electrons. The van der Waals surface area contributed by atoms with Crippen LogP contribution < -0.4 is 5.43 Å². The number of nitrogens with zero attached hydrogens (tertiary/aromatic N) is 3. The van der Waals surface area contributed by atoms with E-state index in [0.717, 1.165) is 5.56 Å². The van der Waals surface area contributed by atoms with Gasteiger partial charge in [0.15, 0.2) is 17.7 Å². The van der Waals surface area contributed by atoms with Gasteiger partial charge in [0.1, 0.15) is 0 Å². The second-order valence-electron chi connectivity index (χ2n) is 5.01. The summed E-state index contributed by atoms with van der Waals surface area (Å²) >= 11 is 0. The molecular formula is C15H13N3O4. The summed E-state index contributed by atoms with van der Waals surface area (Å²) in [6.45, 7) is 1.16. The van der Waals surface area contributed by atoms with Crippen molar-refractivity contribution in [3.05, 3.63) is 57.8 Å². The molecular weight excluding hydrogens is 286 g/mol. The number of carbonyl (C=O) groups excluding carboxylic acids is 2. The summed E-state index contributed by atoms with van der Waals surface area (Å²) < 4.78 is 1.45. The molecule has 2 aromatic rings. The molecule has 2 aromatic heterocycles. The number of carbonyl (C=O) groups is 2. The predicted octanol–water partition coefficient (Wildman–Crippen LogP) is 0.417. The molecule has 1 aliphatic rings. The molecule has 1 aliphatic heterocycles. The van der Waals surface area contributed by atoms with E-state index in [-0.39, 0.29) is 11.3 Å². The molecule has 0 radical (unpaired) electrons. The van der Waals surface area contributed by atoms with Crippen LogP contribution in [0.2, 0.25) is 0 Å². The van der Waals surface area contributed by atoms with Crippen LogP contribution in [0, 0.1) is 0 Å². The Labute approximate surface area is 125 Å². The van der Waals surface area contributed by atoms with Crippen molar-refractivity contribution in [3.63, 3.8) is 0 Å². The Morgan fingerprint density at radius 2 is 2.14 bits per heavy atom. The van der Waals surface area contributed by atoms with E-state index in [0.29, 0.717) is 25.9 Å². The normalized spacial score (nSPS) is 13.8. The van der Waals surface area contributed by atoms with Crippen molar-refractivity contribution in [1.29, 1.82) is 0 Å². The Balaban J connectivity index is 1.97. The topological polar surface area (TPSA) is 92.5 Å². The highest BCUT2D eigenvalue weighted by molar-refractivity contribution is 5.96. The van der Waals surface area contributed by atoms with Crippen LogP contribution in [-0.2, 0) is 13.1 Å². The summed E-state index contributed by atoms with van der Waals surface area (Å²) in [4.78, 5) is 40.7. The smallest absolute Gasteiger partial charge is 0.274 e. The minimum Gasteiger partial charge on any atom is -0.503 e. The molecule has 7 nitrogen and oxygen atoms in total. The number of pyridine rings is 2. The Morgan fingerprint density at radius 1 is 1.32 bits per heavy atom. The van der Waals surface area contributed by atoms with Gasteiger partial charge < -0.3 is 14.6 Å². The lowest BCUT2D eigenvalue weighted by molar-refractivity contribution is 0.0682. The SMILES string of the molecule is O=Cc1cn2c(c(O)c1=O)C(=O)N(Cc1cccnc1)CC2. The van der Waals surface area contributed by atoms with Gasteiger partial charge in [0.25, 0.3) is 5.91 Å². The van der Waals surface area contributed by atoms with Crippen molar-refractivity contribution < 1.29 is 14.7 Å². The fourth-order valence-corrected chi connectivity index (χ4v) is 2.50. The van der Waals surface area contributed by atoms with Crippen molar-refractivity contribution in [3.8, 4) is 5.75 Å². The zero-order valence-electron chi connectivity index (χ0n) is 11.6. The highest BCUT2D eigenvalue weighted by Crippen LogP contribution is 2.21. The van der Waals surface area contributed by atoms with Gasteiger partial charge in [0.05, 0.1) is 5.56 Å². The fraction of sp³-hybridized carbons (Fsp3) is 0.200. The van der Waals surface area contributed by atoms with Crippen LogP contribution in [0.15, 0.2) is 35.5 Å². The van der Waals surface area contributed by atoms with E-state index >= 15 is 0 Å². The van der Waals surface area contributed by atoms with E-state index in [1.165, 1.54) is 15.7 Å². The molecule has 0 aliphatic carbocycles. The van der Waals surface area contributed by atoms with Gasteiger partial charge >= 0.3 is 0 Å². The minimum atomic E-state index is -0.821. The largest absolute Gasteiger partial charge is 0.503 e. The monoisotopic (exact) mass is 299 g/mol. The summed E-state index contributed by atoms with van der Waals surface area (Å²) in [5.74, 6) is -1.12. The predicted molar refractivity (Wildman–Crippen MR) is 76.7 cm³/mol. The van der Waals surface area contributed by atoms with Gasteiger partial charge in [-0.2, -0.15) is 0 Å². The summed E-state index contributed by atoms with van der Waals surface area (Å²) in [6.07, 6.45) is 4.99. The molecule has 0 atom stereocenters. The van der Waals surface area contributed by atoms with Gasteiger partial charge in [-0.25, -0.2) is 0 Å². The zero-order valence-corrected chi connectivity index (χ0v) is 11.6. The Morgan fingerprint density at radius 3 is 2.82 bits per heavy atom. The third kappa shape index (κ3) is 2.26. The summed E-state index contributed by atoms with van der Waals surface area (Å²) in [6, 6.07) is 3.62. The lowest BCUT2D eigenvalue weighted by Crippen LogP contribution is -2.41. The maximum absolute atomic E-state index is 12.5. The quantitative estimate of drug-likeness (QED) is 0.829. The standard InChI is InChI=1S/C15H13N3O4/c19-9-11-8-17-4-5-18(7-10-2-1-3-16-6-10)15(22)12(17)14(21)13(11)20/h1-3,6,8-9,21H,4-5,7H2. The average Bonchev–Trinajstić information content (AvgIpc) is 2.54. The van der Waals surface area contributed by atoms with Crippen LogP contribution in [0.5, 0.6) is 5.75 Å². The molecule has 7 heteroatoms. The van der Waals surface area contributed by atoms with E-state index < -0.39 is 17.1 Å². The number of hydrogen-bond acceptors (Lipinski definition) is 5. The van der Waals surface area contributed by atoms with Crippen molar-refractivity contribution >= 4 is 12.2 Å². The molecule has 1 amide bonds. The van der Waals surface area contributed by atoms with Gasteiger partial charge in [-0.15, -0.1) is 0 Å². The van der Waals surface area contributed by atoms with E-state index in [9.17, 15) is 19.5 Å². The molecule has 0 aromatic carbocycles. The van der Waals surface area contributed by atoms with Crippen LogP contribution in [0.3, 0.4) is 0 Å². The van der Waals surface area contributed by atoms with Gasteiger partial charge in [-0.1, -0.05) is 6.07 Å². The first-order valence-corrected chi connectivity index (χ1v) is 6.71. The van der Waals surface area contributed by atoms with Crippen molar-refractivity contribution in [2.75, 3.05) is 6.54 Å². The van der Waals surface area contributed by atoms with Crippen molar-refractivity contribution in [2.24, 2.45) is 0 Å². The van der Waals surface area contributed by atoms with E-state index in [1.807, 2.05) is 6.07 Å². The second kappa shape index (κ2) is 5.44. The number of hydrogen-bond donors (Lipinski definition) is 1. The summed E-state index contributed by atoms with van der Waals surface area (Å²) in [5.41, 5.74) is -0.200. The number of aromatic nitrogens is 2. The molecule has 0 unspecified atom stereocenters. The lowest BCUT2D eigenvalue weighted by atomic mass is 10.1. The molecule has 0 bridgehead atoms. The van der Waals surface area contributed by atoms with Crippen LogP contribution in [0.4, 0.5) is 0 Å². The zero-order chi connectivity index (χ0) is 15.7. The maximum atomic E-state index is 12.5. The highest BCUT2D eigenvalue weighted by Gasteiger charge is 2.29. The van der Waals surface area contributed by atoms with Gasteiger partial charge in [0.2, 0.25) is 5.43 Å². The van der Waals surface area contributed by atoms with Gasteiger partial charge in [-0.3, -0.25) is 19.4 Å². The van der Waals surface area contributed by atoms with E-state index in [4.69, 9.17) is 0 Å². The third-order valence-corrected chi connectivity index (χ3v) is 3.61.